The molecule has 0 amide bonds. The number of benzene rings is 1. The second-order valence-corrected chi connectivity index (χ2v) is 4.49. The lowest BCUT2D eigenvalue weighted by molar-refractivity contribution is 0.334. The summed E-state index contributed by atoms with van der Waals surface area (Å²) in [4.78, 5) is 2.10. The second-order valence-electron chi connectivity index (χ2n) is 4.49. The lowest BCUT2D eigenvalue weighted by Crippen LogP contribution is -2.07. The van der Waals surface area contributed by atoms with E-state index in [9.17, 15) is 0 Å². The first-order valence-corrected chi connectivity index (χ1v) is 6.20. The predicted molar refractivity (Wildman–Crippen MR) is 77.3 cm³/mol. The van der Waals surface area contributed by atoms with Gasteiger partial charge in [-0.05, 0) is 36.3 Å². The molecule has 1 aromatic rings. The average molecular weight is 241 g/mol. The van der Waals surface area contributed by atoms with Crippen LogP contribution in [0.4, 0.5) is 5.69 Å². The largest absolute Gasteiger partial charge is 0.470 e. The minimum Gasteiger partial charge on any atom is -0.470 e. The first kappa shape index (κ1) is 12.5. The maximum absolute atomic E-state index is 5.39. The van der Waals surface area contributed by atoms with Gasteiger partial charge in [-0.1, -0.05) is 24.3 Å². The molecule has 0 aromatic heterocycles. The Morgan fingerprint density at radius 2 is 2.00 bits per heavy atom. The fourth-order valence-electron chi connectivity index (χ4n) is 1.76. The van der Waals surface area contributed by atoms with Crippen LogP contribution in [-0.4, -0.2) is 14.1 Å². The van der Waals surface area contributed by atoms with Gasteiger partial charge in [-0.25, -0.2) is 0 Å². The van der Waals surface area contributed by atoms with Crippen molar-refractivity contribution in [1.29, 1.82) is 0 Å². The number of rotatable bonds is 4. The van der Waals surface area contributed by atoms with Crippen molar-refractivity contribution in [3.8, 4) is 0 Å². The molecule has 1 aromatic carbocycles. The number of nitrogens with zero attached hydrogens (tertiary/aromatic N) is 1. The van der Waals surface area contributed by atoms with Crippen molar-refractivity contribution in [2.24, 2.45) is 0 Å². The number of ether oxygens (including phenoxy) is 1. The van der Waals surface area contributed by atoms with Crippen LogP contribution in [0.3, 0.4) is 0 Å². The van der Waals surface area contributed by atoms with Crippen LogP contribution in [0, 0.1) is 0 Å². The molecule has 0 N–H and O–H groups in total. The van der Waals surface area contributed by atoms with Crippen molar-refractivity contribution in [3.63, 3.8) is 0 Å². The van der Waals surface area contributed by atoms with E-state index in [1.54, 1.807) is 6.26 Å². The molecule has 0 aliphatic carbocycles. The molecule has 94 valence electrons. The standard InChI is InChI=1S/C16H19NO/c1-17(2)15-11-9-14(10-12-15)6-5-8-16-7-3-4-13-18-16/h4-7,9-13H,3,8H2,1-2H3. The molecule has 1 heterocycles. The molecular weight excluding hydrogens is 222 g/mol. The molecular formula is C16H19NO. The van der Waals surface area contributed by atoms with Crippen LogP contribution < -0.4 is 4.90 Å². The molecule has 1 aliphatic heterocycles. The first-order chi connectivity index (χ1) is 8.75. The highest BCUT2D eigenvalue weighted by molar-refractivity contribution is 5.55. The number of allylic oxidation sites excluding steroid dienone is 3. The molecule has 0 saturated heterocycles. The molecule has 0 radical (unpaired) electrons. The van der Waals surface area contributed by atoms with Crippen molar-refractivity contribution >= 4 is 11.8 Å². The van der Waals surface area contributed by atoms with Crippen LogP contribution in [0.15, 0.2) is 54.5 Å². The van der Waals surface area contributed by atoms with Crippen molar-refractivity contribution < 1.29 is 4.74 Å². The van der Waals surface area contributed by atoms with Crippen LogP contribution in [0.1, 0.15) is 18.4 Å². The van der Waals surface area contributed by atoms with Crippen molar-refractivity contribution in [1.82, 2.24) is 0 Å². The number of hydrogen-bond acceptors (Lipinski definition) is 2. The van der Waals surface area contributed by atoms with E-state index < -0.39 is 0 Å². The maximum Gasteiger partial charge on any atom is 0.103 e. The zero-order valence-corrected chi connectivity index (χ0v) is 11.0. The summed E-state index contributed by atoms with van der Waals surface area (Å²) in [5.41, 5.74) is 2.43. The van der Waals surface area contributed by atoms with Gasteiger partial charge in [0.05, 0.1) is 6.26 Å². The fourth-order valence-corrected chi connectivity index (χ4v) is 1.76. The Bertz CT molecular complexity index is 466. The molecule has 2 nitrogen and oxygen atoms in total. The summed E-state index contributed by atoms with van der Waals surface area (Å²) < 4.78 is 5.39. The molecule has 0 spiro atoms. The van der Waals surface area contributed by atoms with E-state index in [1.165, 1.54) is 11.3 Å². The summed E-state index contributed by atoms with van der Waals surface area (Å²) in [6.07, 6.45) is 12.0. The highest BCUT2D eigenvalue weighted by Crippen LogP contribution is 2.15. The third-order valence-corrected chi connectivity index (χ3v) is 2.84. The van der Waals surface area contributed by atoms with Gasteiger partial charge in [-0.2, -0.15) is 0 Å². The zero-order chi connectivity index (χ0) is 12.8. The Hall–Kier alpha value is -1.96. The summed E-state index contributed by atoms with van der Waals surface area (Å²) in [6, 6.07) is 8.50. The van der Waals surface area contributed by atoms with Gasteiger partial charge in [0.2, 0.25) is 0 Å². The van der Waals surface area contributed by atoms with E-state index in [4.69, 9.17) is 4.74 Å². The maximum atomic E-state index is 5.39. The minimum absolute atomic E-state index is 0.847. The Morgan fingerprint density at radius 3 is 2.61 bits per heavy atom. The van der Waals surface area contributed by atoms with Crippen molar-refractivity contribution in [3.05, 3.63) is 60.1 Å². The second kappa shape index (κ2) is 6.10. The lowest BCUT2D eigenvalue weighted by Gasteiger charge is -2.11. The first-order valence-electron chi connectivity index (χ1n) is 6.20. The number of anilines is 1. The summed E-state index contributed by atoms with van der Waals surface area (Å²) in [7, 11) is 4.09. The minimum atomic E-state index is 0.847. The van der Waals surface area contributed by atoms with Crippen LogP contribution in [0.25, 0.3) is 6.08 Å². The van der Waals surface area contributed by atoms with Gasteiger partial charge in [0.15, 0.2) is 0 Å². The monoisotopic (exact) mass is 241 g/mol. The van der Waals surface area contributed by atoms with Crippen LogP contribution in [-0.2, 0) is 4.74 Å². The van der Waals surface area contributed by atoms with E-state index in [2.05, 4.69) is 47.4 Å². The lowest BCUT2D eigenvalue weighted by atomic mass is 10.1. The summed E-state index contributed by atoms with van der Waals surface area (Å²) in [6.45, 7) is 0. The van der Waals surface area contributed by atoms with E-state index in [-0.39, 0.29) is 0 Å². The van der Waals surface area contributed by atoms with Gasteiger partial charge in [0, 0.05) is 26.2 Å². The molecule has 0 bridgehead atoms. The summed E-state index contributed by atoms with van der Waals surface area (Å²) in [5.74, 6) is 1.03. The van der Waals surface area contributed by atoms with Crippen LogP contribution in [0.2, 0.25) is 0 Å². The highest BCUT2D eigenvalue weighted by atomic mass is 16.5. The normalized spacial score (nSPS) is 14.4. The van der Waals surface area contributed by atoms with Gasteiger partial charge in [-0.15, -0.1) is 0 Å². The number of hydrogen-bond donors (Lipinski definition) is 0. The third kappa shape index (κ3) is 3.52. The quantitative estimate of drug-likeness (QED) is 0.790. The van der Waals surface area contributed by atoms with E-state index in [0.29, 0.717) is 0 Å². The molecule has 2 rings (SSSR count). The average Bonchev–Trinajstić information content (AvgIpc) is 2.40. The third-order valence-electron chi connectivity index (χ3n) is 2.84. The Balaban J connectivity index is 1.90. The van der Waals surface area contributed by atoms with Gasteiger partial charge in [-0.3, -0.25) is 0 Å². The molecule has 0 atom stereocenters. The van der Waals surface area contributed by atoms with Crippen LogP contribution >= 0.6 is 0 Å². The Kier molecular flexibility index (Phi) is 4.24. The molecule has 0 saturated carbocycles. The van der Waals surface area contributed by atoms with E-state index in [1.807, 2.05) is 20.2 Å². The smallest absolute Gasteiger partial charge is 0.103 e. The topological polar surface area (TPSA) is 12.5 Å². The summed E-state index contributed by atoms with van der Waals surface area (Å²) in [5, 5.41) is 0. The molecule has 1 aliphatic rings. The molecule has 18 heavy (non-hydrogen) atoms. The molecule has 0 fully saturated rings. The predicted octanol–water partition coefficient (Wildman–Crippen LogP) is 3.97. The Morgan fingerprint density at radius 1 is 1.22 bits per heavy atom. The Labute approximate surface area is 109 Å². The zero-order valence-electron chi connectivity index (χ0n) is 11.0. The van der Waals surface area contributed by atoms with E-state index >= 15 is 0 Å². The van der Waals surface area contributed by atoms with Crippen molar-refractivity contribution in [2.75, 3.05) is 19.0 Å². The highest BCUT2D eigenvalue weighted by Gasteiger charge is 1.97. The fraction of sp³-hybridized carbons (Fsp3) is 0.250. The van der Waals surface area contributed by atoms with Gasteiger partial charge in [0.1, 0.15) is 5.76 Å². The van der Waals surface area contributed by atoms with E-state index in [0.717, 1.165) is 18.6 Å². The molecule has 2 heteroatoms. The van der Waals surface area contributed by atoms with Gasteiger partial charge < -0.3 is 9.64 Å². The SMILES string of the molecule is CN(C)c1ccc(C=CCC2=CCC=CO2)cc1. The van der Waals surface area contributed by atoms with Crippen LogP contribution in [0.5, 0.6) is 0 Å². The van der Waals surface area contributed by atoms with Gasteiger partial charge >= 0.3 is 0 Å². The van der Waals surface area contributed by atoms with Crippen molar-refractivity contribution in [2.45, 2.75) is 12.8 Å². The van der Waals surface area contributed by atoms with Gasteiger partial charge in [0.25, 0.3) is 0 Å². The molecule has 0 unspecified atom stereocenters. The summed E-state index contributed by atoms with van der Waals surface area (Å²) >= 11 is 0.